The minimum atomic E-state index is -4.43. The Hall–Kier alpha value is -3.05. The van der Waals surface area contributed by atoms with Crippen molar-refractivity contribution in [3.8, 4) is 11.8 Å². The Kier molecular flexibility index (Phi) is 7.20. The number of nitrogens with zero attached hydrogens (tertiary/aromatic N) is 1. The van der Waals surface area contributed by atoms with E-state index < -0.39 is 18.6 Å². The number of benzene rings is 2. The molecule has 0 aliphatic heterocycles. The molecule has 2 aromatic carbocycles. The topological polar surface area (TPSA) is 74.1 Å². The van der Waals surface area contributed by atoms with Crippen molar-refractivity contribution < 1.29 is 22.7 Å². The lowest BCUT2D eigenvalue weighted by atomic mass is 10.1. The van der Waals surface area contributed by atoms with E-state index in [4.69, 9.17) is 10.00 Å². The molecule has 0 saturated carbocycles. The van der Waals surface area contributed by atoms with Crippen LogP contribution in [0.25, 0.3) is 0 Å². The minimum absolute atomic E-state index is 0.225. The molecule has 0 atom stereocenters. The highest BCUT2D eigenvalue weighted by Crippen LogP contribution is 2.17. The molecule has 0 aliphatic rings. The third-order valence-electron chi connectivity index (χ3n) is 3.53. The van der Waals surface area contributed by atoms with Crippen molar-refractivity contribution in [2.24, 2.45) is 0 Å². The van der Waals surface area contributed by atoms with Gasteiger partial charge in [-0.2, -0.15) is 18.4 Å². The van der Waals surface area contributed by atoms with Gasteiger partial charge in [-0.3, -0.25) is 4.79 Å². The van der Waals surface area contributed by atoms with Crippen molar-refractivity contribution in [3.05, 3.63) is 65.2 Å². The van der Waals surface area contributed by atoms with Gasteiger partial charge in [-0.05, 0) is 23.8 Å². The maximum absolute atomic E-state index is 12.0. The molecule has 0 aromatic heterocycles. The second-order valence-electron chi connectivity index (χ2n) is 5.70. The average molecular weight is 377 g/mol. The van der Waals surface area contributed by atoms with E-state index in [2.05, 4.69) is 11.4 Å². The zero-order valence-corrected chi connectivity index (χ0v) is 14.3. The monoisotopic (exact) mass is 377 g/mol. The zero-order valence-electron chi connectivity index (χ0n) is 14.3. The van der Waals surface area contributed by atoms with Crippen molar-refractivity contribution in [1.29, 1.82) is 5.26 Å². The predicted molar refractivity (Wildman–Crippen MR) is 92.7 cm³/mol. The number of nitrogens with one attached hydrogen (secondary N) is 2. The summed E-state index contributed by atoms with van der Waals surface area (Å²) in [4.78, 5) is 11.3. The summed E-state index contributed by atoms with van der Waals surface area (Å²) < 4.78 is 41.8. The van der Waals surface area contributed by atoms with Crippen LogP contribution in [0.5, 0.6) is 5.75 Å². The number of alkyl halides is 3. The molecule has 0 aliphatic carbocycles. The summed E-state index contributed by atoms with van der Waals surface area (Å²) >= 11 is 0. The van der Waals surface area contributed by atoms with Gasteiger partial charge < -0.3 is 15.4 Å². The quantitative estimate of drug-likeness (QED) is 0.742. The number of hydrogen-bond donors (Lipinski definition) is 2. The van der Waals surface area contributed by atoms with Gasteiger partial charge in [0.15, 0.2) is 0 Å². The molecule has 142 valence electrons. The van der Waals surface area contributed by atoms with Gasteiger partial charge in [0.25, 0.3) is 0 Å². The molecule has 2 rings (SSSR count). The molecule has 2 aromatic rings. The summed E-state index contributed by atoms with van der Waals surface area (Å²) in [5, 5.41) is 13.6. The lowest BCUT2D eigenvalue weighted by Crippen LogP contribution is -2.39. The van der Waals surface area contributed by atoms with E-state index >= 15 is 0 Å². The summed E-state index contributed by atoms with van der Waals surface area (Å²) in [6, 6.07) is 16.3. The van der Waals surface area contributed by atoms with Crippen LogP contribution in [-0.2, 0) is 17.9 Å². The van der Waals surface area contributed by atoms with Gasteiger partial charge in [0.05, 0.1) is 18.2 Å². The highest BCUT2D eigenvalue weighted by atomic mass is 19.4. The van der Waals surface area contributed by atoms with Crippen molar-refractivity contribution >= 4 is 5.91 Å². The Balaban J connectivity index is 1.81. The second kappa shape index (κ2) is 9.59. The fraction of sp³-hybridized carbons (Fsp3) is 0.263. The fourth-order valence-electron chi connectivity index (χ4n) is 2.24. The van der Waals surface area contributed by atoms with Crippen molar-refractivity contribution in [1.82, 2.24) is 10.6 Å². The molecular weight excluding hydrogens is 359 g/mol. The average Bonchev–Trinajstić information content (AvgIpc) is 2.65. The summed E-state index contributed by atoms with van der Waals surface area (Å²) in [7, 11) is 0. The van der Waals surface area contributed by atoms with Gasteiger partial charge >= 0.3 is 6.18 Å². The first-order chi connectivity index (χ1) is 12.9. The number of hydrogen-bond acceptors (Lipinski definition) is 4. The third-order valence-corrected chi connectivity index (χ3v) is 3.53. The third kappa shape index (κ3) is 7.38. The molecule has 0 spiro atoms. The molecule has 0 bridgehead atoms. The van der Waals surface area contributed by atoms with Crippen molar-refractivity contribution in [2.45, 2.75) is 19.3 Å². The molecule has 0 saturated heterocycles. The molecule has 27 heavy (non-hydrogen) atoms. The molecule has 2 N–H and O–H groups in total. The first-order valence-electron chi connectivity index (χ1n) is 8.11. The summed E-state index contributed by atoms with van der Waals surface area (Å²) in [6.45, 7) is -1.04. The number of ether oxygens (including phenoxy) is 1. The van der Waals surface area contributed by atoms with Crippen LogP contribution in [0.4, 0.5) is 13.2 Å². The maximum Gasteiger partial charge on any atom is 0.405 e. The Morgan fingerprint density at radius 3 is 2.67 bits per heavy atom. The summed E-state index contributed by atoms with van der Waals surface area (Å²) in [6.07, 6.45) is -4.43. The SMILES string of the molecule is N#Cc1ccccc1COc1cccc(CNCC(=O)NCC(F)(F)F)c1. The lowest BCUT2D eigenvalue weighted by molar-refractivity contribution is -0.137. The largest absolute Gasteiger partial charge is 0.489 e. The summed E-state index contributed by atoms with van der Waals surface area (Å²) in [5.41, 5.74) is 2.12. The normalized spacial score (nSPS) is 10.9. The highest BCUT2D eigenvalue weighted by Gasteiger charge is 2.27. The van der Waals surface area contributed by atoms with E-state index in [-0.39, 0.29) is 13.2 Å². The fourth-order valence-corrected chi connectivity index (χ4v) is 2.24. The van der Waals surface area contributed by atoms with E-state index in [1.165, 1.54) is 0 Å². The molecule has 5 nitrogen and oxygen atoms in total. The summed E-state index contributed by atoms with van der Waals surface area (Å²) in [5.74, 6) is -0.142. The van der Waals surface area contributed by atoms with Crippen LogP contribution in [0.1, 0.15) is 16.7 Å². The standard InChI is InChI=1S/C19H18F3N3O2/c20-19(21,22)13-25-18(26)11-24-10-14-4-3-7-17(8-14)27-12-16-6-2-1-5-15(16)9-23/h1-8,24H,10-13H2,(H,25,26). The van der Waals surface area contributed by atoms with Crippen molar-refractivity contribution in [2.75, 3.05) is 13.1 Å². The molecule has 0 unspecified atom stereocenters. The molecule has 0 radical (unpaired) electrons. The van der Waals surface area contributed by atoms with Gasteiger partial charge in [-0.1, -0.05) is 30.3 Å². The van der Waals surface area contributed by atoms with Crippen LogP contribution in [0.3, 0.4) is 0 Å². The van der Waals surface area contributed by atoms with Crippen LogP contribution in [0.2, 0.25) is 0 Å². The van der Waals surface area contributed by atoms with Crippen LogP contribution in [0.15, 0.2) is 48.5 Å². The van der Waals surface area contributed by atoms with Gasteiger partial charge in [-0.15, -0.1) is 0 Å². The van der Waals surface area contributed by atoms with Crippen molar-refractivity contribution in [3.63, 3.8) is 0 Å². The Bertz CT molecular complexity index is 816. The molecular formula is C19H18F3N3O2. The lowest BCUT2D eigenvalue weighted by Gasteiger charge is -2.11. The van der Waals surface area contributed by atoms with E-state index in [9.17, 15) is 18.0 Å². The smallest absolute Gasteiger partial charge is 0.405 e. The van der Waals surface area contributed by atoms with E-state index in [1.807, 2.05) is 12.1 Å². The highest BCUT2D eigenvalue weighted by molar-refractivity contribution is 5.78. The number of nitriles is 1. The van der Waals surface area contributed by atoms with E-state index in [0.717, 1.165) is 11.1 Å². The van der Waals surface area contributed by atoms with Gasteiger partial charge in [0.1, 0.15) is 18.9 Å². The maximum atomic E-state index is 12.0. The van der Waals surface area contributed by atoms with E-state index in [1.54, 1.807) is 41.7 Å². The van der Waals surface area contributed by atoms with Gasteiger partial charge in [0, 0.05) is 12.1 Å². The second-order valence-corrected chi connectivity index (χ2v) is 5.70. The van der Waals surface area contributed by atoms with Gasteiger partial charge in [-0.25, -0.2) is 0 Å². The van der Waals surface area contributed by atoms with Crippen LogP contribution >= 0.6 is 0 Å². The Morgan fingerprint density at radius 1 is 1.15 bits per heavy atom. The minimum Gasteiger partial charge on any atom is -0.489 e. The molecule has 1 amide bonds. The predicted octanol–water partition coefficient (Wildman–Crippen LogP) is 2.91. The Morgan fingerprint density at radius 2 is 1.93 bits per heavy atom. The van der Waals surface area contributed by atoms with Crippen LogP contribution in [0, 0.1) is 11.3 Å². The number of carbonyl (C=O) groups excluding carboxylic acids is 1. The van der Waals surface area contributed by atoms with Crippen LogP contribution < -0.4 is 15.4 Å². The number of carbonyl (C=O) groups is 1. The first-order valence-corrected chi connectivity index (χ1v) is 8.11. The number of halogens is 3. The van der Waals surface area contributed by atoms with Gasteiger partial charge in [0.2, 0.25) is 5.91 Å². The Labute approximate surface area is 154 Å². The molecule has 8 heteroatoms. The molecule has 0 fully saturated rings. The number of rotatable bonds is 8. The van der Waals surface area contributed by atoms with Crippen LogP contribution in [-0.4, -0.2) is 25.2 Å². The zero-order chi connectivity index (χ0) is 19.7. The molecule has 0 heterocycles. The van der Waals surface area contributed by atoms with E-state index in [0.29, 0.717) is 17.9 Å². The number of amides is 1. The first kappa shape index (κ1) is 20.3.